The summed E-state index contributed by atoms with van der Waals surface area (Å²) in [5.41, 5.74) is 1.05. The van der Waals surface area contributed by atoms with Crippen molar-refractivity contribution in [1.82, 2.24) is 0 Å². The van der Waals surface area contributed by atoms with Crippen molar-refractivity contribution in [3.63, 3.8) is 0 Å². The molecule has 1 saturated heterocycles. The average molecular weight is 302 g/mol. The molecule has 1 fully saturated rings. The summed E-state index contributed by atoms with van der Waals surface area (Å²) in [6.07, 6.45) is 0. The van der Waals surface area contributed by atoms with Crippen LogP contribution in [0.3, 0.4) is 0 Å². The Labute approximate surface area is 110 Å². The molecule has 0 bridgehead atoms. The molecule has 0 atom stereocenters. The summed E-state index contributed by atoms with van der Waals surface area (Å²) in [7, 11) is 3.34. The van der Waals surface area contributed by atoms with Gasteiger partial charge in [-0.15, -0.1) is 0 Å². The number of nitrogens with zero attached hydrogens (tertiary/aromatic N) is 1. The number of anilines is 1. The molecule has 1 aromatic carbocycles. The Hall–Kier alpha value is -0.940. The van der Waals surface area contributed by atoms with Gasteiger partial charge in [0.2, 0.25) is 0 Å². The zero-order chi connectivity index (χ0) is 12.3. The van der Waals surface area contributed by atoms with Gasteiger partial charge in [0.05, 0.1) is 37.6 Å². The van der Waals surface area contributed by atoms with Crippen molar-refractivity contribution >= 4 is 21.6 Å². The van der Waals surface area contributed by atoms with Gasteiger partial charge in [0, 0.05) is 25.2 Å². The molecule has 94 valence electrons. The fraction of sp³-hybridized carbons (Fsp3) is 0.500. The minimum absolute atomic E-state index is 0.752. The van der Waals surface area contributed by atoms with E-state index in [1.807, 2.05) is 12.1 Å². The number of rotatable bonds is 3. The Morgan fingerprint density at radius 3 is 2.35 bits per heavy atom. The number of hydrogen-bond acceptors (Lipinski definition) is 4. The van der Waals surface area contributed by atoms with Gasteiger partial charge in [-0.1, -0.05) is 0 Å². The molecule has 0 spiro atoms. The van der Waals surface area contributed by atoms with E-state index in [2.05, 4.69) is 20.8 Å². The van der Waals surface area contributed by atoms with Crippen LogP contribution in [0.4, 0.5) is 5.69 Å². The van der Waals surface area contributed by atoms with Gasteiger partial charge in [-0.2, -0.15) is 0 Å². The summed E-state index contributed by atoms with van der Waals surface area (Å²) in [6, 6.07) is 3.93. The van der Waals surface area contributed by atoms with Crippen LogP contribution in [-0.2, 0) is 4.74 Å². The van der Waals surface area contributed by atoms with Crippen LogP contribution in [0.25, 0.3) is 0 Å². The molecule has 0 radical (unpaired) electrons. The summed E-state index contributed by atoms with van der Waals surface area (Å²) in [5.74, 6) is 1.66. The van der Waals surface area contributed by atoms with E-state index in [9.17, 15) is 0 Å². The van der Waals surface area contributed by atoms with Crippen molar-refractivity contribution < 1.29 is 14.2 Å². The zero-order valence-electron chi connectivity index (χ0n) is 10.0. The maximum atomic E-state index is 5.41. The highest BCUT2D eigenvalue weighted by atomic mass is 79.9. The largest absolute Gasteiger partial charge is 0.495 e. The molecule has 1 aliphatic heterocycles. The summed E-state index contributed by atoms with van der Waals surface area (Å²) in [4.78, 5) is 2.25. The van der Waals surface area contributed by atoms with Gasteiger partial charge in [-0.25, -0.2) is 0 Å². The van der Waals surface area contributed by atoms with Crippen LogP contribution in [0.15, 0.2) is 16.6 Å². The fourth-order valence-corrected chi connectivity index (χ4v) is 2.38. The molecule has 0 amide bonds. The minimum Gasteiger partial charge on any atom is -0.495 e. The first-order chi connectivity index (χ1) is 8.26. The number of benzene rings is 1. The lowest BCUT2D eigenvalue weighted by Gasteiger charge is -2.30. The quantitative estimate of drug-likeness (QED) is 0.857. The van der Waals surface area contributed by atoms with Gasteiger partial charge in [0.25, 0.3) is 0 Å². The Kier molecular flexibility index (Phi) is 4.12. The average Bonchev–Trinajstić information content (AvgIpc) is 2.39. The van der Waals surface area contributed by atoms with Gasteiger partial charge in [0.1, 0.15) is 11.5 Å². The monoisotopic (exact) mass is 301 g/mol. The van der Waals surface area contributed by atoms with Crippen molar-refractivity contribution in [3.05, 3.63) is 16.6 Å². The van der Waals surface area contributed by atoms with Crippen molar-refractivity contribution in [2.45, 2.75) is 0 Å². The number of methoxy groups -OCH3 is 2. The first-order valence-corrected chi connectivity index (χ1v) is 6.29. The summed E-state index contributed by atoms with van der Waals surface area (Å²) < 4.78 is 17.0. The van der Waals surface area contributed by atoms with E-state index in [1.165, 1.54) is 0 Å². The second-order valence-corrected chi connectivity index (χ2v) is 4.61. The van der Waals surface area contributed by atoms with E-state index < -0.39 is 0 Å². The normalized spacial score (nSPS) is 15.8. The van der Waals surface area contributed by atoms with Crippen LogP contribution in [-0.4, -0.2) is 40.5 Å². The third kappa shape index (κ3) is 2.66. The lowest BCUT2D eigenvalue weighted by atomic mass is 10.2. The van der Waals surface area contributed by atoms with Crippen LogP contribution in [0.1, 0.15) is 0 Å². The molecular formula is C12H16BrNO3. The SMILES string of the molecule is COc1cc(N2CCOCC2)c(OC)cc1Br. The zero-order valence-corrected chi connectivity index (χ0v) is 11.6. The van der Waals surface area contributed by atoms with Crippen LogP contribution in [0, 0.1) is 0 Å². The number of halogens is 1. The number of hydrogen-bond donors (Lipinski definition) is 0. The topological polar surface area (TPSA) is 30.9 Å². The molecule has 0 unspecified atom stereocenters. The smallest absolute Gasteiger partial charge is 0.143 e. The molecule has 0 aromatic heterocycles. The van der Waals surface area contributed by atoms with E-state index in [0.29, 0.717) is 0 Å². The number of morpholine rings is 1. The van der Waals surface area contributed by atoms with Crippen LogP contribution < -0.4 is 14.4 Å². The number of ether oxygens (including phenoxy) is 3. The second kappa shape index (κ2) is 5.60. The van der Waals surface area contributed by atoms with E-state index in [0.717, 1.165) is 48.0 Å². The minimum atomic E-state index is 0.752. The van der Waals surface area contributed by atoms with Crippen molar-refractivity contribution in [1.29, 1.82) is 0 Å². The first kappa shape index (κ1) is 12.5. The Morgan fingerprint density at radius 1 is 1.12 bits per heavy atom. The van der Waals surface area contributed by atoms with Crippen molar-refractivity contribution in [2.75, 3.05) is 45.4 Å². The summed E-state index contributed by atoms with van der Waals surface area (Å²) >= 11 is 3.46. The van der Waals surface area contributed by atoms with Crippen molar-refractivity contribution in [2.24, 2.45) is 0 Å². The molecule has 0 aliphatic carbocycles. The Balaban J connectivity index is 2.35. The van der Waals surface area contributed by atoms with Crippen LogP contribution in [0.2, 0.25) is 0 Å². The van der Waals surface area contributed by atoms with E-state index in [4.69, 9.17) is 14.2 Å². The molecule has 1 aliphatic rings. The predicted octanol–water partition coefficient (Wildman–Crippen LogP) is 2.30. The van der Waals surface area contributed by atoms with E-state index >= 15 is 0 Å². The molecule has 2 rings (SSSR count). The van der Waals surface area contributed by atoms with Gasteiger partial charge in [-0.3, -0.25) is 0 Å². The third-order valence-corrected chi connectivity index (χ3v) is 3.42. The van der Waals surface area contributed by atoms with Crippen molar-refractivity contribution in [3.8, 4) is 11.5 Å². The predicted molar refractivity (Wildman–Crippen MR) is 70.3 cm³/mol. The highest BCUT2D eigenvalue weighted by molar-refractivity contribution is 9.10. The maximum Gasteiger partial charge on any atom is 0.143 e. The van der Waals surface area contributed by atoms with E-state index in [1.54, 1.807) is 14.2 Å². The third-order valence-electron chi connectivity index (χ3n) is 2.81. The fourth-order valence-electron chi connectivity index (χ4n) is 1.90. The molecular weight excluding hydrogens is 286 g/mol. The summed E-state index contributed by atoms with van der Waals surface area (Å²) in [5, 5.41) is 0. The molecule has 1 aromatic rings. The second-order valence-electron chi connectivity index (χ2n) is 3.76. The molecule has 4 nitrogen and oxygen atoms in total. The lowest BCUT2D eigenvalue weighted by molar-refractivity contribution is 0.122. The Morgan fingerprint density at radius 2 is 1.76 bits per heavy atom. The van der Waals surface area contributed by atoms with Gasteiger partial charge < -0.3 is 19.1 Å². The molecule has 0 saturated carbocycles. The highest BCUT2D eigenvalue weighted by Gasteiger charge is 2.17. The standard InChI is InChI=1S/C12H16BrNO3/c1-15-11-8-10(12(16-2)7-9(11)13)14-3-5-17-6-4-14/h7-8H,3-6H2,1-2H3. The lowest BCUT2D eigenvalue weighted by Crippen LogP contribution is -2.36. The van der Waals surface area contributed by atoms with Crippen LogP contribution in [0.5, 0.6) is 11.5 Å². The summed E-state index contributed by atoms with van der Waals surface area (Å²) in [6.45, 7) is 3.26. The highest BCUT2D eigenvalue weighted by Crippen LogP contribution is 2.38. The first-order valence-electron chi connectivity index (χ1n) is 5.50. The molecule has 5 heteroatoms. The van der Waals surface area contributed by atoms with Crippen LogP contribution >= 0.6 is 15.9 Å². The molecule has 0 N–H and O–H groups in total. The maximum absolute atomic E-state index is 5.41. The Bertz CT molecular complexity index is 392. The van der Waals surface area contributed by atoms with Gasteiger partial charge in [-0.05, 0) is 15.9 Å². The van der Waals surface area contributed by atoms with Gasteiger partial charge >= 0.3 is 0 Å². The molecule has 1 heterocycles. The van der Waals surface area contributed by atoms with E-state index in [-0.39, 0.29) is 0 Å². The van der Waals surface area contributed by atoms with Gasteiger partial charge in [0.15, 0.2) is 0 Å². The molecule has 17 heavy (non-hydrogen) atoms.